The molecule has 1 aromatic rings. The lowest BCUT2D eigenvalue weighted by atomic mass is 10.2. The maximum atomic E-state index is 13.3. The van der Waals surface area contributed by atoms with E-state index < -0.39 is 23.9 Å². The third-order valence-electron chi connectivity index (χ3n) is 2.12. The first-order chi connectivity index (χ1) is 10.6. The number of hydrogen-bond acceptors (Lipinski definition) is 4. The Bertz CT molecular complexity index is 597. The van der Waals surface area contributed by atoms with Crippen LogP contribution in [-0.2, 0) is 4.79 Å². The van der Waals surface area contributed by atoms with Gasteiger partial charge in [0, 0.05) is 19.2 Å². The minimum Gasteiger partial charge on any atom is -0.478 e. The Labute approximate surface area is 128 Å². The van der Waals surface area contributed by atoms with Crippen molar-refractivity contribution in [1.82, 2.24) is 4.98 Å². The summed E-state index contributed by atoms with van der Waals surface area (Å²) in [5.74, 6) is -2.14. The van der Waals surface area contributed by atoms with Gasteiger partial charge in [-0.2, -0.15) is 13.2 Å². The Morgan fingerprint density at radius 1 is 1.35 bits per heavy atom. The third kappa shape index (κ3) is 8.25. The first kappa shape index (κ1) is 20.2. The highest BCUT2D eigenvalue weighted by Crippen LogP contribution is 2.13. The summed E-state index contributed by atoms with van der Waals surface area (Å²) in [5, 5.41) is 18.5. The summed E-state index contributed by atoms with van der Waals surface area (Å²) in [6, 6.07) is 0.929. The van der Waals surface area contributed by atoms with E-state index in [1.807, 2.05) is 0 Å². The monoisotopic (exact) mass is 336 g/mol. The lowest BCUT2D eigenvalue weighted by Gasteiger charge is -2.05. The highest BCUT2D eigenvalue weighted by Gasteiger charge is 2.38. The second-order valence-corrected chi connectivity index (χ2v) is 3.90. The van der Waals surface area contributed by atoms with Gasteiger partial charge in [-0.25, -0.2) is 19.0 Å². The number of carbonyl (C=O) groups is 2. The Kier molecular flexibility index (Phi) is 8.10. The molecule has 1 aromatic heterocycles. The number of halogens is 4. The molecule has 126 valence electrons. The van der Waals surface area contributed by atoms with Crippen molar-refractivity contribution in [1.29, 1.82) is 0 Å². The van der Waals surface area contributed by atoms with Crippen molar-refractivity contribution in [2.24, 2.45) is 0 Å². The van der Waals surface area contributed by atoms with Gasteiger partial charge in [-0.15, -0.1) is 12.3 Å². The summed E-state index contributed by atoms with van der Waals surface area (Å²) in [6.45, 7) is 0.501. The first-order valence-electron chi connectivity index (χ1n) is 5.96. The maximum absolute atomic E-state index is 13.3. The number of unbranched alkanes of at least 4 members (excludes halogenated alkanes) is 1. The zero-order valence-electron chi connectivity index (χ0n) is 11.5. The highest BCUT2D eigenvalue weighted by molar-refractivity contribution is 5.87. The minimum absolute atomic E-state index is 0.0435. The van der Waals surface area contributed by atoms with Crippen LogP contribution >= 0.6 is 0 Å². The molecule has 0 bridgehead atoms. The van der Waals surface area contributed by atoms with Gasteiger partial charge in [0.25, 0.3) is 0 Å². The number of aliphatic carboxylic acids is 1. The van der Waals surface area contributed by atoms with Crippen molar-refractivity contribution in [3.63, 3.8) is 0 Å². The number of nitrogens with one attached hydrogen (secondary N) is 1. The van der Waals surface area contributed by atoms with Gasteiger partial charge in [-0.3, -0.25) is 0 Å². The quantitative estimate of drug-likeness (QED) is 0.434. The number of pyridine rings is 1. The number of aromatic nitrogens is 1. The topological polar surface area (TPSA) is 99.5 Å². The zero-order valence-corrected chi connectivity index (χ0v) is 11.5. The van der Waals surface area contributed by atoms with Crippen molar-refractivity contribution in [2.45, 2.75) is 19.0 Å². The minimum atomic E-state index is -5.08. The van der Waals surface area contributed by atoms with E-state index in [0.717, 1.165) is 12.3 Å². The molecule has 0 amide bonds. The number of aromatic carboxylic acids is 1. The molecule has 1 heterocycles. The van der Waals surface area contributed by atoms with Crippen LogP contribution in [0.25, 0.3) is 0 Å². The van der Waals surface area contributed by atoms with Crippen LogP contribution in [0.15, 0.2) is 12.3 Å². The summed E-state index contributed by atoms with van der Waals surface area (Å²) in [7, 11) is 0. The molecule has 0 unspecified atom stereocenters. The Balaban J connectivity index is 0.000000585. The maximum Gasteiger partial charge on any atom is 0.490 e. The summed E-state index contributed by atoms with van der Waals surface area (Å²) in [5.41, 5.74) is -0.174. The van der Waals surface area contributed by atoms with Gasteiger partial charge >= 0.3 is 18.1 Å². The summed E-state index contributed by atoms with van der Waals surface area (Å²) in [4.78, 5) is 23.1. The van der Waals surface area contributed by atoms with E-state index in [4.69, 9.17) is 21.4 Å². The van der Waals surface area contributed by atoms with Crippen molar-refractivity contribution in [3.05, 3.63) is 23.6 Å². The predicted octanol–water partition coefficient (Wildman–Crippen LogP) is 2.38. The summed E-state index contributed by atoms with van der Waals surface area (Å²) < 4.78 is 45.0. The summed E-state index contributed by atoms with van der Waals surface area (Å²) in [6.07, 6.45) is 2.39. The molecule has 23 heavy (non-hydrogen) atoms. The van der Waals surface area contributed by atoms with E-state index in [0.29, 0.717) is 19.4 Å². The number of carboxylic acids is 2. The van der Waals surface area contributed by atoms with Crippen LogP contribution in [-0.4, -0.2) is 39.9 Å². The molecular weight excluding hydrogens is 324 g/mol. The molecule has 0 aromatic carbocycles. The van der Waals surface area contributed by atoms with E-state index in [1.54, 1.807) is 0 Å². The molecule has 0 radical (unpaired) electrons. The van der Waals surface area contributed by atoms with E-state index in [-0.39, 0.29) is 11.4 Å². The average molecular weight is 336 g/mol. The number of carboxylic acid groups (broad SMARTS) is 2. The largest absolute Gasteiger partial charge is 0.490 e. The van der Waals surface area contributed by atoms with Crippen LogP contribution in [0.3, 0.4) is 0 Å². The molecule has 0 aliphatic rings. The molecule has 0 saturated carbocycles. The SMILES string of the molecule is C#CCCCNc1ncc(C(=O)O)cc1F.O=C(O)C(F)(F)F. The molecule has 0 spiro atoms. The molecule has 0 saturated heterocycles. The predicted molar refractivity (Wildman–Crippen MR) is 71.4 cm³/mol. The molecule has 0 aliphatic carbocycles. The number of alkyl halides is 3. The molecule has 0 atom stereocenters. The standard InChI is InChI=1S/C11H11FN2O2.C2HF3O2/c1-2-3-4-5-13-10-9(12)6-8(7-14-10)11(15)16;3-2(4,5)1(6)7/h1,6-7H,3-5H2,(H,13,14)(H,15,16);(H,6,7). The molecule has 0 fully saturated rings. The number of nitrogens with zero attached hydrogens (tertiary/aromatic N) is 1. The third-order valence-corrected chi connectivity index (χ3v) is 2.12. The van der Waals surface area contributed by atoms with Gasteiger partial charge in [0.1, 0.15) is 0 Å². The van der Waals surface area contributed by atoms with Crippen molar-refractivity contribution in [2.75, 3.05) is 11.9 Å². The van der Waals surface area contributed by atoms with Gasteiger partial charge in [0.2, 0.25) is 0 Å². The van der Waals surface area contributed by atoms with E-state index in [1.165, 1.54) is 0 Å². The summed E-state index contributed by atoms with van der Waals surface area (Å²) >= 11 is 0. The van der Waals surface area contributed by atoms with Crippen LogP contribution < -0.4 is 5.32 Å². The van der Waals surface area contributed by atoms with Crippen LogP contribution in [0.1, 0.15) is 23.2 Å². The van der Waals surface area contributed by atoms with Crippen LogP contribution in [0.4, 0.5) is 23.4 Å². The Hall–Kier alpha value is -2.83. The van der Waals surface area contributed by atoms with Gasteiger partial charge in [0.05, 0.1) is 5.56 Å². The highest BCUT2D eigenvalue weighted by atomic mass is 19.4. The van der Waals surface area contributed by atoms with Gasteiger partial charge in [-0.05, 0) is 12.5 Å². The van der Waals surface area contributed by atoms with Crippen LogP contribution in [0.2, 0.25) is 0 Å². The van der Waals surface area contributed by atoms with Crippen molar-refractivity contribution >= 4 is 17.8 Å². The lowest BCUT2D eigenvalue weighted by molar-refractivity contribution is -0.192. The van der Waals surface area contributed by atoms with Gasteiger partial charge in [0.15, 0.2) is 11.6 Å². The number of anilines is 1. The zero-order chi connectivity index (χ0) is 18.0. The lowest BCUT2D eigenvalue weighted by Crippen LogP contribution is -2.21. The Morgan fingerprint density at radius 2 is 1.91 bits per heavy atom. The average Bonchev–Trinajstić information content (AvgIpc) is 2.44. The molecular formula is C13H12F4N2O4. The van der Waals surface area contributed by atoms with E-state index in [2.05, 4.69) is 16.2 Å². The van der Waals surface area contributed by atoms with Gasteiger partial charge < -0.3 is 15.5 Å². The van der Waals surface area contributed by atoms with Crippen LogP contribution in [0, 0.1) is 18.2 Å². The second-order valence-electron chi connectivity index (χ2n) is 3.90. The van der Waals surface area contributed by atoms with Crippen LogP contribution in [0.5, 0.6) is 0 Å². The van der Waals surface area contributed by atoms with Crippen molar-refractivity contribution in [3.8, 4) is 12.3 Å². The molecule has 3 N–H and O–H groups in total. The number of rotatable bonds is 5. The second kappa shape index (κ2) is 9.24. The smallest absolute Gasteiger partial charge is 0.478 e. The fourth-order valence-corrected chi connectivity index (χ4v) is 1.08. The number of terminal acetylenes is 1. The number of hydrogen-bond donors (Lipinski definition) is 3. The molecule has 1 rings (SSSR count). The Morgan fingerprint density at radius 3 is 2.30 bits per heavy atom. The fourth-order valence-electron chi connectivity index (χ4n) is 1.08. The molecule has 6 nitrogen and oxygen atoms in total. The van der Waals surface area contributed by atoms with E-state index >= 15 is 0 Å². The molecule has 0 aliphatic heterocycles. The fraction of sp³-hybridized carbons (Fsp3) is 0.308. The van der Waals surface area contributed by atoms with E-state index in [9.17, 15) is 22.4 Å². The van der Waals surface area contributed by atoms with Crippen molar-refractivity contribution < 1.29 is 37.4 Å². The van der Waals surface area contributed by atoms with Gasteiger partial charge in [-0.1, -0.05) is 0 Å². The normalized spacial score (nSPS) is 10.0. The molecule has 10 heteroatoms. The first-order valence-corrected chi connectivity index (χ1v) is 5.96.